The van der Waals surface area contributed by atoms with Crippen LogP contribution < -0.4 is 0 Å². The van der Waals surface area contributed by atoms with E-state index in [-0.39, 0.29) is 12.1 Å². The van der Waals surface area contributed by atoms with Crippen LogP contribution in [-0.4, -0.2) is 25.3 Å². The zero-order chi connectivity index (χ0) is 12.8. The predicted molar refractivity (Wildman–Crippen MR) is 67.3 cm³/mol. The van der Waals surface area contributed by atoms with Crippen molar-refractivity contribution >= 4 is 5.78 Å². The molecule has 3 heteroatoms. The molecule has 0 spiro atoms. The van der Waals surface area contributed by atoms with E-state index >= 15 is 0 Å². The van der Waals surface area contributed by atoms with Crippen LogP contribution >= 0.6 is 0 Å². The van der Waals surface area contributed by atoms with E-state index in [1.165, 1.54) is 0 Å². The Balaban J connectivity index is 0. The Morgan fingerprint density at radius 1 is 1.31 bits per heavy atom. The molecule has 16 heavy (non-hydrogen) atoms. The van der Waals surface area contributed by atoms with Crippen molar-refractivity contribution in [1.82, 2.24) is 0 Å². The fourth-order valence-corrected chi connectivity index (χ4v) is 1.04. The van der Waals surface area contributed by atoms with Gasteiger partial charge in [-0.1, -0.05) is 6.08 Å². The second kappa shape index (κ2) is 14.1. The maximum atomic E-state index is 10.2. The summed E-state index contributed by atoms with van der Waals surface area (Å²) in [5, 5.41) is 0. The molecule has 3 nitrogen and oxygen atoms in total. The highest BCUT2D eigenvalue weighted by Crippen LogP contribution is 2.01. The second-order valence-electron chi connectivity index (χ2n) is 2.89. The molecule has 0 aromatic rings. The van der Waals surface area contributed by atoms with Crippen molar-refractivity contribution in [2.45, 2.75) is 39.9 Å². The third-order valence-corrected chi connectivity index (χ3v) is 1.66. The lowest BCUT2D eigenvalue weighted by Gasteiger charge is -2.09. The average Bonchev–Trinajstić information content (AvgIpc) is 2.74. The molecule has 1 aliphatic carbocycles. The highest BCUT2D eigenvalue weighted by atomic mass is 16.7. The van der Waals surface area contributed by atoms with E-state index in [4.69, 9.17) is 9.47 Å². The molecule has 0 aromatic heterocycles. The zero-order valence-corrected chi connectivity index (χ0v) is 10.7. The molecule has 0 saturated heterocycles. The monoisotopic (exact) mass is 228 g/mol. The predicted octanol–water partition coefficient (Wildman–Crippen LogP) is 3.11. The summed E-state index contributed by atoms with van der Waals surface area (Å²) in [7, 11) is 0. The summed E-state index contributed by atoms with van der Waals surface area (Å²) in [6, 6.07) is 0. The molecule has 0 heterocycles. The molecule has 0 aromatic carbocycles. The summed E-state index contributed by atoms with van der Waals surface area (Å²) in [5.41, 5.74) is 0. The Kier molecular flexibility index (Phi) is 15.4. The van der Waals surface area contributed by atoms with Gasteiger partial charge in [0.2, 0.25) is 0 Å². The SMILES string of the molecule is C=C.CCOC(C)OCC.O=C1C=CCC1. The fourth-order valence-electron chi connectivity index (χ4n) is 1.04. The summed E-state index contributed by atoms with van der Waals surface area (Å²) < 4.78 is 10.1. The third kappa shape index (κ3) is 13.1. The van der Waals surface area contributed by atoms with Crippen molar-refractivity contribution < 1.29 is 14.3 Å². The molecule has 0 bridgehead atoms. The van der Waals surface area contributed by atoms with Crippen LogP contribution in [0.1, 0.15) is 33.6 Å². The van der Waals surface area contributed by atoms with Gasteiger partial charge < -0.3 is 9.47 Å². The fraction of sp³-hybridized carbons (Fsp3) is 0.615. The number of hydrogen-bond acceptors (Lipinski definition) is 3. The van der Waals surface area contributed by atoms with Gasteiger partial charge in [0.1, 0.15) is 0 Å². The Morgan fingerprint density at radius 3 is 2.00 bits per heavy atom. The average molecular weight is 228 g/mol. The van der Waals surface area contributed by atoms with Gasteiger partial charge in [0, 0.05) is 19.6 Å². The first-order valence-corrected chi connectivity index (χ1v) is 5.63. The maximum absolute atomic E-state index is 10.2. The number of ketones is 1. The Bertz CT molecular complexity index is 182. The first kappa shape index (κ1) is 17.5. The summed E-state index contributed by atoms with van der Waals surface area (Å²) >= 11 is 0. The largest absolute Gasteiger partial charge is 0.353 e. The quantitative estimate of drug-likeness (QED) is 0.548. The number of ether oxygens (including phenoxy) is 2. The molecule has 0 unspecified atom stereocenters. The Morgan fingerprint density at radius 2 is 1.81 bits per heavy atom. The van der Waals surface area contributed by atoms with Crippen molar-refractivity contribution in [2.24, 2.45) is 0 Å². The minimum Gasteiger partial charge on any atom is -0.353 e. The second-order valence-corrected chi connectivity index (χ2v) is 2.89. The summed E-state index contributed by atoms with van der Waals surface area (Å²) in [6.07, 6.45) is 5.20. The topological polar surface area (TPSA) is 35.5 Å². The standard InChI is InChI=1S/C6H14O2.C5H6O.C2H4/c1-4-7-6(3)8-5-2;6-5-3-1-2-4-5;1-2/h6H,4-5H2,1-3H3;1,3H,2,4H2;1-2H2. The highest BCUT2D eigenvalue weighted by Gasteiger charge is 1.98. The Hall–Kier alpha value is -0.930. The van der Waals surface area contributed by atoms with Gasteiger partial charge in [0.25, 0.3) is 0 Å². The van der Waals surface area contributed by atoms with E-state index < -0.39 is 0 Å². The van der Waals surface area contributed by atoms with Crippen LogP contribution in [0.2, 0.25) is 0 Å². The molecular weight excluding hydrogens is 204 g/mol. The molecule has 1 rings (SSSR count). The van der Waals surface area contributed by atoms with Crippen molar-refractivity contribution in [3.05, 3.63) is 25.3 Å². The summed E-state index contributed by atoms with van der Waals surface area (Å²) in [4.78, 5) is 10.2. The van der Waals surface area contributed by atoms with E-state index in [9.17, 15) is 4.79 Å². The lowest BCUT2D eigenvalue weighted by molar-refractivity contribution is -0.123. The smallest absolute Gasteiger partial charge is 0.155 e. The molecule has 0 atom stereocenters. The molecule has 0 N–H and O–H groups in total. The van der Waals surface area contributed by atoms with Crippen molar-refractivity contribution in [2.75, 3.05) is 13.2 Å². The number of allylic oxidation sites excluding steroid dienone is 2. The summed E-state index contributed by atoms with van der Waals surface area (Å²) in [5.74, 6) is 0.273. The molecule has 94 valence electrons. The van der Waals surface area contributed by atoms with Crippen LogP contribution in [0, 0.1) is 0 Å². The van der Waals surface area contributed by atoms with Gasteiger partial charge in [-0.15, -0.1) is 13.2 Å². The maximum Gasteiger partial charge on any atom is 0.155 e. The van der Waals surface area contributed by atoms with Crippen LogP contribution in [0.3, 0.4) is 0 Å². The van der Waals surface area contributed by atoms with Gasteiger partial charge in [-0.25, -0.2) is 0 Å². The van der Waals surface area contributed by atoms with Crippen molar-refractivity contribution in [1.29, 1.82) is 0 Å². The van der Waals surface area contributed by atoms with Gasteiger partial charge in [-0.3, -0.25) is 4.79 Å². The van der Waals surface area contributed by atoms with Crippen molar-refractivity contribution in [3.8, 4) is 0 Å². The molecule has 0 saturated carbocycles. The van der Waals surface area contributed by atoms with Gasteiger partial charge in [-0.05, 0) is 33.3 Å². The van der Waals surface area contributed by atoms with E-state index in [0.717, 1.165) is 26.1 Å². The number of carbonyl (C=O) groups excluding carboxylic acids is 1. The lowest BCUT2D eigenvalue weighted by atomic mass is 10.3. The normalized spacial score (nSPS) is 12.9. The van der Waals surface area contributed by atoms with Crippen LogP contribution in [0.4, 0.5) is 0 Å². The lowest BCUT2D eigenvalue weighted by Crippen LogP contribution is -2.11. The van der Waals surface area contributed by atoms with Gasteiger partial charge in [-0.2, -0.15) is 0 Å². The first-order chi connectivity index (χ1) is 7.70. The van der Waals surface area contributed by atoms with E-state index in [2.05, 4.69) is 13.2 Å². The minimum atomic E-state index is -0.0370. The van der Waals surface area contributed by atoms with Gasteiger partial charge in [0.05, 0.1) is 0 Å². The van der Waals surface area contributed by atoms with Crippen LogP contribution in [0.25, 0.3) is 0 Å². The molecular formula is C13H24O3. The first-order valence-electron chi connectivity index (χ1n) is 5.63. The van der Waals surface area contributed by atoms with E-state index in [1.54, 1.807) is 6.08 Å². The highest BCUT2D eigenvalue weighted by molar-refractivity contribution is 5.91. The van der Waals surface area contributed by atoms with Crippen LogP contribution in [-0.2, 0) is 14.3 Å². The van der Waals surface area contributed by atoms with Gasteiger partial charge in [0.15, 0.2) is 12.1 Å². The number of rotatable bonds is 4. The Labute approximate surface area is 99.1 Å². The number of hydrogen-bond donors (Lipinski definition) is 0. The van der Waals surface area contributed by atoms with E-state index in [0.29, 0.717) is 0 Å². The third-order valence-electron chi connectivity index (χ3n) is 1.66. The van der Waals surface area contributed by atoms with Gasteiger partial charge >= 0.3 is 0 Å². The van der Waals surface area contributed by atoms with Crippen molar-refractivity contribution in [3.63, 3.8) is 0 Å². The summed E-state index contributed by atoms with van der Waals surface area (Å²) in [6.45, 7) is 13.3. The minimum absolute atomic E-state index is 0.0370. The molecule has 0 fully saturated rings. The molecule has 0 aliphatic heterocycles. The molecule has 1 aliphatic rings. The molecule has 0 amide bonds. The van der Waals surface area contributed by atoms with Crippen LogP contribution in [0.15, 0.2) is 25.3 Å². The zero-order valence-electron chi connectivity index (χ0n) is 10.7. The van der Waals surface area contributed by atoms with Crippen LogP contribution in [0.5, 0.6) is 0 Å². The molecule has 0 radical (unpaired) electrons. The van der Waals surface area contributed by atoms with E-state index in [1.807, 2.05) is 26.8 Å². The number of carbonyl (C=O) groups is 1.